The molecule has 1 atom stereocenters. The number of nitrogens with zero attached hydrogens (tertiary/aromatic N) is 2. The second-order valence-corrected chi connectivity index (χ2v) is 4.82. The summed E-state index contributed by atoms with van der Waals surface area (Å²) < 4.78 is 0.967. The predicted molar refractivity (Wildman–Crippen MR) is 72.8 cm³/mol. The lowest BCUT2D eigenvalue weighted by Crippen LogP contribution is -2.21. The topological polar surface area (TPSA) is 58.0 Å². The third kappa shape index (κ3) is 3.87. The summed E-state index contributed by atoms with van der Waals surface area (Å²) in [7, 11) is 0. The standard InChI is InChI=1S/C13H14BrN3O/c14-11-3-1-2-10(6-11)13(18)8-16-7-12-4-5-15-9-17-12/h1-6,9,13,16,18H,7-8H2. The fourth-order valence-electron chi connectivity index (χ4n) is 1.59. The quantitative estimate of drug-likeness (QED) is 0.888. The van der Waals surface area contributed by atoms with Crippen molar-refractivity contribution in [3.05, 3.63) is 58.6 Å². The predicted octanol–water partition coefficient (Wildman–Crippen LogP) is 2.06. The number of rotatable bonds is 5. The lowest BCUT2D eigenvalue weighted by atomic mass is 10.1. The van der Waals surface area contributed by atoms with E-state index < -0.39 is 6.10 Å². The summed E-state index contributed by atoms with van der Waals surface area (Å²) in [6, 6.07) is 9.51. The zero-order valence-corrected chi connectivity index (χ0v) is 11.3. The minimum atomic E-state index is -0.524. The van der Waals surface area contributed by atoms with Gasteiger partial charge in [0.05, 0.1) is 11.8 Å². The van der Waals surface area contributed by atoms with Gasteiger partial charge in [0.2, 0.25) is 0 Å². The van der Waals surface area contributed by atoms with Gasteiger partial charge in [0, 0.05) is 23.8 Å². The first-order chi connectivity index (χ1) is 8.75. The van der Waals surface area contributed by atoms with Gasteiger partial charge in [-0.1, -0.05) is 28.1 Å². The molecule has 94 valence electrons. The number of hydrogen-bond acceptors (Lipinski definition) is 4. The van der Waals surface area contributed by atoms with Crippen LogP contribution in [0.25, 0.3) is 0 Å². The molecule has 1 aromatic carbocycles. The molecule has 0 saturated heterocycles. The molecule has 0 fully saturated rings. The van der Waals surface area contributed by atoms with Gasteiger partial charge < -0.3 is 10.4 Å². The van der Waals surface area contributed by atoms with E-state index in [2.05, 4.69) is 31.2 Å². The van der Waals surface area contributed by atoms with Crippen LogP contribution in [0.15, 0.2) is 47.3 Å². The van der Waals surface area contributed by atoms with Crippen LogP contribution in [0, 0.1) is 0 Å². The third-order valence-corrected chi connectivity index (χ3v) is 3.01. The molecule has 0 aliphatic carbocycles. The van der Waals surface area contributed by atoms with Gasteiger partial charge in [-0.2, -0.15) is 0 Å². The molecule has 1 heterocycles. The molecule has 2 rings (SSSR count). The van der Waals surface area contributed by atoms with E-state index in [1.165, 1.54) is 6.33 Å². The van der Waals surface area contributed by atoms with Gasteiger partial charge in [0.1, 0.15) is 6.33 Å². The highest BCUT2D eigenvalue weighted by molar-refractivity contribution is 9.10. The molecule has 5 heteroatoms. The van der Waals surface area contributed by atoms with Crippen LogP contribution >= 0.6 is 15.9 Å². The molecule has 0 saturated carbocycles. The smallest absolute Gasteiger partial charge is 0.115 e. The number of halogens is 1. The molecule has 18 heavy (non-hydrogen) atoms. The molecule has 0 bridgehead atoms. The fourth-order valence-corrected chi connectivity index (χ4v) is 2.01. The minimum Gasteiger partial charge on any atom is -0.387 e. The molecule has 0 aliphatic rings. The van der Waals surface area contributed by atoms with Gasteiger partial charge in [0.25, 0.3) is 0 Å². The Morgan fingerprint density at radius 2 is 2.22 bits per heavy atom. The van der Waals surface area contributed by atoms with Crippen LogP contribution in [-0.4, -0.2) is 21.6 Å². The monoisotopic (exact) mass is 307 g/mol. The summed E-state index contributed by atoms with van der Waals surface area (Å²) in [5, 5.41) is 13.2. The van der Waals surface area contributed by atoms with Crippen molar-refractivity contribution >= 4 is 15.9 Å². The maximum atomic E-state index is 10.0. The van der Waals surface area contributed by atoms with Gasteiger partial charge in [0.15, 0.2) is 0 Å². The first-order valence-electron chi connectivity index (χ1n) is 5.65. The number of hydrogen-bond donors (Lipinski definition) is 2. The van der Waals surface area contributed by atoms with Crippen molar-refractivity contribution in [3.8, 4) is 0 Å². The van der Waals surface area contributed by atoms with Gasteiger partial charge in [-0.05, 0) is 23.8 Å². The Hall–Kier alpha value is -1.30. The summed E-state index contributed by atoms with van der Waals surface area (Å²) in [6.07, 6.45) is 2.69. The summed E-state index contributed by atoms with van der Waals surface area (Å²) in [5.74, 6) is 0. The first-order valence-corrected chi connectivity index (χ1v) is 6.44. The van der Waals surface area contributed by atoms with Gasteiger partial charge in [-0.15, -0.1) is 0 Å². The van der Waals surface area contributed by atoms with Crippen molar-refractivity contribution in [1.29, 1.82) is 0 Å². The lowest BCUT2D eigenvalue weighted by Gasteiger charge is -2.12. The normalized spacial score (nSPS) is 12.3. The summed E-state index contributed by atoms with van der Waals surface area (Å²) in [6.45, 7) is 1.11. The molecule has 0 spiro atoms. The Kier molecular flexibility index (Phi) is 4.81. The van der Waals surface area contributed by atoms with Gasteiger partial charge >= 0.3 is 0 Å². The number of aliphatic hydroxyl groups is 1. The second kappa shape index (κ2) is 6.58. The summed E-state index contributed by atoms with van der Waals surface area (Å²) >= 11 is 3.39. The van der Waals surface area contributed by atoms with Crippen LogP contribution in [0.2, 0.25) is 0 Å². The van der Waals surface area contributed by atoms with Crippen LogP contribution in [-0.2, 0) is 6.54 Å². The maximum Gasteiger partial charge on any atom is 0.115 e. The molecular formula is C13H14BrN3O. The van der Waals surface area contributed by atoms with Crippen LogP contribution in [0.3, 0.4) is 0 Å². The van der Waals surface area contributed by atoms with Crippen LogP contribution in [0.1, 0.15) is 17.4 Å². The van der Waals surface area contributed by atoms with E-state index in [-0.39, 0.29) is 0 Å². The van der Waals surface area contributed by atoms with Crippen molar-refractivity contribution < 1.29 is 5.11 Å². The average Bonchev–Trinajstić information content (AvgIpc) is 2.40. The van der Waals surface area contributed by atoms with Crippen molar-refractivity contribution in [2.24, 2.45) is 0 Å². The van der Waals surface area contributed by atoms with E-state index in [4.69, 9.17) is 0 Å². The minimum absolute atomic E-state index is 0.487. The first kappa shape index (κ1) is 13.1. The Labute approximate surface area is 114 Å². The lowest BCUT2D eigenvalue weighted by molar-refractivity contribution is 0.174. The van der Waals surface area contributed by atoms with E-state index >= 15 is 0 Å². The number of aromatic nitrogens is 2. The van der Waals surface area contributed by atoms with Crippen LogP contribution in [0.4, 0.5) is 0 Å². The highest BCUT2D eigenvalue weighted by Crippen LogP contribution is 2.17. The van der Waals surface area contributed by atoms with E-state index in [0.717, 1.165) is 15.7 Å². The van der Waals surface area contributed by atoms with Crippen LogP contribution < -0.4 is 5.32 Å². The maximum absolute atomic E-state index is 10.0. The largest absolute Gasteiger partial charge is 0.387 e. The second-order valence-electron chi connectivity index (χ2n) is 3.90. The zero-order chi connectivity index (χ0) is 12.8. The molecule has 0 amide bonds. The Balaban J connectivity index is 1.83. The molecular weight excluding hydrogens is 294 g/mol. The van der Waals surface area contributed by atoms with Crippen molar-refractivity contribution in [2.45, 2.75) is 12.6 Å². The third-order valence-electron chi connectivity index (χ3n) is 2.52. The highest BCUT2D eigenvalue weighted by Gasteiger charge is 2.07. The average molecular weight is 308 g/mol. The van der Waals surface area contributed by atoms with Crippen molar-refractivity contribution in [2.75, 3.05) is 6.54 Å². The molecule has 2 N–H and O–H groups in total. The van der Waals surface area contributed by atoms with Gasteiger partial charge in [-0.3, -0.25) is 0 Å². The highest BCUT2D eigenvalue weighted by atomic mass is 79.9. The Bertz CT molecular complexity index is 493. The molecule has 1 unspecified atom stereocenters. The number of nitrogens with one attached hydrogen (secondary N) is 1. The molecule has 4 nitrogen and oxygen atoms in total. The van der Waals surface area contributed by atoms with E-state index in [1.807, 2.05) is 30.3 Å². The van der Waals surface area contributed by atoms with Crippen molar-refractivity contribution in [1.82, 2.24) is 15.3 Å². The molecule has 0 radical (unpaired) electrons. The van der Waals surface area contributed by atoms with Crippen LogP contribution in [0.5, 0.6) is 0 Å². The van der Waals surface area contributed by atoms with E-state index in [0.29, 0.717) is 13.1 Å². The fraction of sp³-hybridized carbons (Fsp3) is 0.231. The zero-order valence-electron chi connectivity index (χ0n) is 9.75. The summed E-state index contributed by atoms with van der Waals surface area (Å²) in [4.78, 5) is 7.95. The molecule has 1 aromatic heterocycles. The van der Waals surface area contributed by atoms with Gasteiger partial charge in [-0.25, -0.2) is 9.97 Å². The van der Waals surface area contributed by atoms with Crippen molar-refractivity contribution in [3.63, 3.8) is 0 Å². The van der Waals surface area contributed by atoms with E-state index in [9.17, 15) is 5.11 Å². The Morgan fingerprint density at radius 3 is 2.94 bits per heavy atom. The number of aliphatic hydroxyl groups excluding tert-OH is 1. The molecule has 2 aromatic rings. The van der Waals surface area contributed by atoms with E-state index in [1.54, 1.807) is 6.20 Å². The number of benzene rings is 1. The molecule has 0 aliphatic heterocycles. The summed E-state index contributed by atoms with van der Waals surface area (Å²) in [5.41, 5.74) is 1.80. The SMILES string of the molecule is OC(CNCc1ccncn1)c1cccc(Br)c1. The Morgan fingerprint density at radius 1 is 1.33 bits per heavy atom.